The molecule has 3 aliphatic rings. The zero-order valence-corrected chi connectivity index (χ0v) is 13.5. The monoisotopic (exact) mass is 304 g/mol. The van der Waals surface area contributed by atoms with Crippen LogP contribution < -0.4 is 5.32 Å². The van der Waals surface area contributed by atoms with Crippen molar-refractivity contribution < 1.29 is 4.79 Å². The van der Waals surface area contributed by atoms with Gasteiger partial charge in [0.25, 0.3) is 0 Å². The summed E-state index contributed by atoms with van der Waals surface area (Å²) >= 11 is 1.72. The van der Waals surface area contributed by atoms with E-state index in [0.29, 0.717) is 11.9 Å². The minimum Gasteiger partial charge on any atom is -0.318 e. The zero-order chi connectivity index (χ0) is 14.4. The molecule has 3 fully saturated rings. The maximum atomic E-state index is 13.0. The van der Waals surface area contributed by atoms with Crippen molar-refractivity contribution in [1.82, 2.24) is 10.2 Å². The summed E-state index contributed by atoms with van der Waals surface area (Å²) in [5, 5.41) is 7.97. The molecule has 0 radical (unpaired) electrons. The van der Waals surface area contributed by atoms with Gasteiger partial charge in [0.2, 0.25) is 5.91 Å². The number of nitrogens with one attached hydrogen (secondary N) is 1. The fourth-order valence-corrected chi connectivity index (χ4v) is 4.72. The third-order valence-electron chi connectivity index (χ3n) is 5.56. The fraction of sp³-hybridized carbons (Fsp3) is 0.706. The topological polar surface area (TPSA) is 32.3 Å². The van der Waals surface area contributed by atoms with Crippen LogP contribution in [-0.4, -0.2) is 22.4 Å². The van der Waals surface area contributed by atoms with Crippen LogP contribution in [0.3, 0.4) is 0 Å². The first-order valence-electron chi connectivity index (χ1n) is 8.32. The van der Waals surface area contributed by atoms with Gasteiger partial charge in [0.05, 0.1) is 0 Å². The molecule has 1 aromatic heterocycles. The largest absolute Gasteiger partial charge is 0.318 e. The Hall–Kier alpha value is -0.870. The van der Waals surface area contributed by atoms with Crippen LogP contribution in [0.4, 0.5) is 0 Å². The predicted molar refractivity (Wildman–Crippen MR) is 85.0 cm³/mol. The summed E-state index contributed by atoms with van der Waals surface area (Å²) in [5.41, 5.74) is 1.07. The number of carbonyl (C=O) groups is 1. The fourth-order valence-electron chi connectivity index (χ4n) is 4.04. The average molecular weight is 304 g/mol. The summed E-state index contributed by atoms with van der Waals surface area (Å²) in [4.78, 5) is 15.2. The molecule has 1 amide bonds. The Morgan fingerprint density at radius 1 is 1.29 bits per heavy atom. The van der Waals surface area contributed by atoms with E-state index >= 15 is 0 Å². The number of hydrogen-bond acceptors (Lipinski definition) is 3. The van der Waals surface area contributed by atoms with Crippen molar-refractivity contribution in [3.8, 4) is 0 Å². The van der Waals surface area contributed by atoms with Crippen LogP contribution in [0.15, 0.2) is 16.8 Å². The number of nitrogens with zero attached hydrogens (tertiary/aromatic N) is 1. The van der Waals surface area contributed by atoms with E-state index in [0.717, 1.165) is 18.8 Å². The number of carbonyl (C=O) groups excluding carboxylic acids is 1. The molecular formula is C17H24N2OS. The van der Waals surface area contributed by atoms with Crippen LogP contribution in [0.1, 0.15) is 63.6 Å². The highest BCUT2D eigenvalue weighted by Gasteiger charge is 2.60. The number of rotatable bonds is 2. The van der Waals surface area contributed by atoms with Gasteiger partial charge >= 0.3 is 0 Å². The van der Waals surface area contributed by atoms with Gasteiger partial charge in [0, 0.05) is 6.04 Å². The molecule has 0 bridgehead atoms. The van der Waals surface area contributed by atoms with E-state index in [2.05, 4.69) is 34.0 Å². The van der Waals surface area contributed by atoms with E-state index in [-0.39, 0.29) is 11.7 Å². The number of amides is 1. The van der Waals surface area contributed by atoms with Crippen molar-refractivity contribution in [1.29, 1.82) is 0 Å². The average Bonchev–Trinajstić information content (AvgIpc) is 3.02. The molecule has 3 unspecified atom stereocenters. The van der Waals surface area contributed by atoms with Gasteiger partial charge in [-0.05, 0) is 60.4 Å². The van der Waals surface area contributed by atoms with E-state index in [1.165, 1.54) is 37.7 Å². The molecule has 2 aliphatic carbocycles. The minimum absolute atomic E-state index is 0.115. The second kappa shape index (κ2) is 5.10. The lowest BCUT2D eigenvalue weighted by molar-refractivity contribution is -0.133. The quantitative estimate of drug-likeness (QED) is 0.845. The van der Waals surface area contributed by atoms with Crippen molar-refractivity contribution in [2.75, 3.05) is 0 Å². The van der Waals surface area contributed by atoms with Crippen LogP contribution >= 0.6 is 11.3 Å². The highest BCUT2D eigenvalue weighted by Crippen LogP contribution is 2.48. The summed E-state index contributed by atoms with van der Waals surface area (Å²) in [6.45, 7) is 2.35. The Balaban J connectivity index is 1.62. The molecule has 1 spiro atoms. The maximum absolute atomic E-state index is 13.0. The summed E-state index contributed by atoms with van der Waals surface area (Å²) in [6.07, 6.45) is 8.35. The highest BCUT2D eigenvalue weighted by molar-refractivity contribution is 7.08. The van der Waals surface area contributed by atoms with E-state index in [1.54, 1.807) is 11.3 Å². The van der Waals surface area contributed by atoms with Crippen LogP contribution in [0.2, 0.25) is 0 Å². The van der Waals surface area contributed by atoms with Gasteiger partial charge < -0.3 is 4.90 Å². The van der Waals surface area contributed by atoms with Gasteiger partial charge in [0.15, 0.2) is 0 Å². The Kier molecular flexibility index (Phi) is 3.34. The Labute approximate surface area is 130 Å². The molecule has 114 valence electrons. The minimum atomic E-state index is -0.204. The molecule has 4 rings (SSSR count). The molecule has 1 aromatic rings. The molecule has 3 nitrogen and oxygen atoms in total. The molecule has 1 aliphatic heterocycles. The predicted octanol–water partition coefficient (Wildman–Crippen LogP) is 3.68. The molecule has 4 heteroatoms. The summed E-state index contributed by atoms with van der Waals surface area (Å²) in [5.74, 6) is 1.19. The van der Waals surface area contributed by atoms with Crippen LogP contribution in [-0.2, 0) is 4.79 Å². The van der Waals surface area contributed by atoms with E-state index in [1.807, 2.05) is 0 Å². The molecular weight excluding hydrogens is 280 g/mol. The van der Waals surface area contributed by atoms with E-state index < -0.39 is 0 Å². The Morgan fingerprint density at radius 3 is 2.86 bits per heavy atom. The summed E-state index contributed by atoms with van der Waals surface area (Å²) in [7, 11) is 0. The van der Waals surface area contributed by atoms with Gasteiger partial charge in [0.1, 0.15) is 11.7 Å². The summed E-state index contributed by atoms with van der Waals surface area (Å²) < 4.78 is 0. The molecule has 21 heavy (non-hydrogen) atoms. The van der Waals surface area contributed by atoms with Crippen molar-refractivity contribution in [3.05, 3.63) is 22.4 Å². The second-order valence-corrected chi connectivity index (χ2v) is 7.95. The lowest BCUT2D eigenvalue weighted by atomic mass is 10.0. The molecule has 1 saturated heterocycles. The van der Waals surface area contributed by atoms with E-state index in [9.17, 15) is 4.79 Å². The van der Waals surface area contributed by atoms with E-state index in [4.69, 9.17) is 0 Å². The number of thiophene rings is 1. The van der Waals surface area contributed by atoms with Gasteiger partial charge in [-0.2, -0.15) is 11.3 Å². The number of hydrogen-bond donors (Lipinski definition) is 1. The van der Waals surface area contributed by atoms with Crippen molar-refractivity contribution >= 4 is 17.2 Å². The normalized spacial score (nSPS) is 35.2. The SMILES string of the molecule is CC1CCCC(N2C(=O)C3(CC3)NC2c2ccsc2)CC1. The first kappa shape index (κ1) is 13.8. The van der Waals surface area contributed by atoms with Crippen LogP contribution in [0.25, 0.3) is 0 Å². The lowest BCUT2D eigenvalue weighted by Crippen LogP contribution is -2.40. The van der Waals surface area contributed by atoms with Crippen molar-refractivity contribution in [2.45, 2.75) is 69.6 Å². The van der Waals surface area contributed by atoms with Crippen molar-refractivity contribution in [3.63, 3.8) is 0 Å². The maximum Gasteiger partial charge on any atom is 0.244 e. The molecule has 1 N–H and O–H groups in total. The van der Waals surface area contributed by atoms with Crippen LogP contribution in [0.5, 0.6) is 0 Å². The third-order valence-corrected chi connectivity index (χ3v) is 6.27. The third kappa shape index (κ3) is 2.33. The summed E-state index contributed by atoms with van der Waals surface area (Å²) in [6, 6.07) is 2.60. The molecule has 2 heterocycles. The highest BCUT2D eigenvalue weighted by atomic mass is 32.1. The molecule has 2 saturated carbocycles. The smallest absolute Gasteiger partial charge is 0.244 e. The second-order valence-electron chi connectivity index (χ2n) is 7.17. The lowest BCUT2D eigenvalue weighted by Gasteiger charge is -2.32. The zero-order valence-electron chi connectivity index (χ0n) is 12.7. The van der Waals surface area contributed by atoms with Crippen molar-refractivity contribution in [2.24, 2.45) is 5.92 Å². The Morgan fingerprint density at radius 2 is 2.14 bits per heavy atom. The molecule has 3 atom stereocenters. The van der Waals surface area contributed by atoms with Gasteiger partial charge in [-0.15, -0.1) is 0 Å². The first-order valence-corrected chi connectivity index (χ1v) is 9.26. The van der Waals surface area contributed by atoms with Gasteiger partial charge in [-0.3, -0.25) is 10.1 Å². The first-order chi connectivity index (χ1) is 10.2. The standard InChI is InChI=1S/C17H24N2OS/c1-12-3-2-4-14(6-5-12)19-15(13-7-10-21-11-13)18-17(8-9-17)16(19)20/h7,10-12,14-15,18H,2-6,8-9H2,1H3. The van der Waals surface area contributed by atoms with Crippen LogP contribution in [0, 0.1) is 5.92 Å². The van der Waals surface area contributed by atoms with Gasteiger partial charge in [-0.25, -0.2) is 0 Å². The Bertz CT molecular complexity index is 523. The molecule has 0 aromatic carbocycles. The van der Waals surface area contributed by atoms with Gasteiger partial charge in [-0.1, -0.05) is 19.8 Å².